The topological polar surface area (TPSA) is 149 Å². The molecule has 0 radical (unpaired) electrons. The number of aliphatic hydroxyl groups excluding tert-OH is 2. The van der Waals surface area contributed by atoms with E-state index in [9.17, 15) is 28.5 Å². The number of alkyl halides is 3. The number of rotatable bonds is 6. The molecule has 32 heavy (non-hydrogen) atoms. The number of nitrogens with one attached hydrogen (secondary N) is 2. The third kappa shape index (κ3) is 4.31. The summed E-state index contributed by atoms with van der Waals surface area (Å²) in [7, 11) is 0. The van der Waals surface area contributed by atoms with Crippen molar-refractivity contribution in [2.24, 2.45) is 5.92 Å². The van der Waals surface area contributed by atoms with E-state index in [1.165, 1.54) is 13.1 Å². The van der Waals surface area contributed by atoms with Crippen molar-refractivity contribution in [3.63, 3.8) is 0 Å². The molecule has 0 spiro atoms. The average molecular weight is 454 g/mol. The summed E-state index contributed by atoms with van der Waals surface area (Å²) in [5.74, 6) is -0.963. The Morgan fingerprint density at radius 1 is 1.28 bits per heavy atom. The van der Waals surface area contributed by atoms with Crippen molar-refractivity contribution >= 4 is 23.0 Å². The number of aryl methyl sites for hydroxylation is 1. The summed E-state index contributed by atoms with van der Waals surface area (Å²) in [6, 6.07) is 3.29. The van der Waals surface area contributed by atoms with Crippen LogP contribution in [0.1, 0.15) is 18.5 Å². The molecule has 0 saturated heterocycles. The number of anilines is 2. The van der Waals surface area contributed by atoms with Crippen molar-refractivity contribution < 1.29 is 32.9 Å². The number of pyridine rings is 1. The van der Waals surface area contributed by atoms with E-state index in [-0.39, 0.29) is 41.9 Å². The van der Waals surface area contributed by atoms with Crippen LogP contribution >= 0.6 is 0 Å². The molecule has 0 bridgehead atoms. The Balaban J connectivity index is 1.77. The molecule has 3 atom stereocenters. The molecular formula is C19H21F3N6O4. The molecule has 3 aromatic rings. The lowest BCUT2D eigenvalue weighted by molar-refractivity contribution is -0.115. The minimum atomic E-state index is -4.50. The van der Waals surface area contributed by atoms with Crippen LogP contribution in [0.15, 0.2) is 22.7 Å². The molecule has 0 unspecified atom stereocenters. The largest absolute Gasteiger partial charge is 0.434 e. The Hall–Kier alpha value is -3.03. The van der Waals surface area contributed by atoms with Crippen molar-refractivity contribution in [2.75, 3.05) is 23.8 Å². The fourth-order valence-corrected chi connectivity index (χ4v) is 3.69. The highest BCUT2D eigenvalue weighted by Gasteiger charge is 2.47. The molecule has 1 fully saturated rings. The molecular weight excluding hydrogens is 433 g/mol. The van der Waals surface area contributed by atoms with Gasteiger partial charge in [-0.3, -0.25) is 0 Å². The fraction of sp³-hybridized carbons (Fsp3) is 0.474. The predicted molar refractivity (Wildman–Crippen MR) is 107 cm³/mol. The first-order valence-corrected chi connectivity index (χ1v) is 9.80. The van der Waals surface area contributed by atoms with Gasteiger partial charge in [0.05, 0.1) is 5.69 Å². The minimum absolute atomic E-state index is 0.0378. The van der Waals surface area contributed by atoms with Crippen LogP contribution in [0.25, 0.3) is 22.7 Å². The molecule has 10 nitrogen and oxygen atoms in total. The molecule has 1 aliphatic rings. The maximum Gasteiger partial charge on any atom is 0.405 e. The van der Waals surface area contributed by atoms with Gasteiger partial charge in [-0.2, -0.15) is 23.1 Å². The third-order valence-corrected chi connectivity index (χ3v) is 5.32. The van der Waals surface area contributed by atoms with Crippen LogP contribution in [0, 0.1) is 12.8 Å². The van der Waals surface area contributed by atoms with E-state index in [4.69, 9.17) is 4.42 Å². The van der Waals surface area contributed by atoms with Crippen LogP contribution in [0.3, 0.4) is 0 Å². The molecule has 5 N–H and O–H groups in total. The fourth-order valence-electron chi connectivity index (χ4n) is 3.69. The normalized spacial score (nSPS) is 23.6. The summed E-state index contributed by atoms with van der Waals surface area (Å²) in [5, 5.41) is 35.7. The van der Waals surface area contributed by atoms with E-state index in [1.54, 1.807) is 12.1 Å². The van der Waals surface area contributed by atoms with Crippen molar-refractivity contribution in [2.45, 2.75) is 37.8 Å². The van der Waals surface area contributed by atoms with E-state index in [0.29, 0.717) is 17.7 Å². The second-order valence-corrected chi connectivity index (χ2v) is 7.64. The van der Waals surface area contributed by atoms with Crippen molar-refractivity contribution in [3.05, 3.63) is 24.0 Å². The van der Waals surface area contributed by atoms with Gasteiger partial charge in [0, 0.05) is 18.7 Å². The minimum Gasteiger partial charge on any atom is -0.434 e. The van der Waals surface area contributed by atoms with Crippen LogP contribution < -0.4 is 10.6 Å². The highest BCUT2D eigenvalue weighted by atomic mass is 19.4. The van der Waals surface area contributed by atoms with Crippen LogP contribution in [-0.4, -0.2) is 66.4 Å². The van der Waals surface area contributed by atoms with Gasteiger partial charge in [-0.1, -0.05) is 0 Å². The third-order valence-electron chi connectivity index (χ3n) is 5.32. The Labute approximate surface area is 179 Å². The second kappa shape index (κ2) is 8.15. The molecule has 0 amide bonds. The predicted octanol–water partition coefficient (Wildman–Crippen LogP) is 1.83. The number of aliphatic hydroxyl groups is 3. The Bertz CT molecular complexity index is 1090. The number of hydrogen-bond donors (Lipinski definition) is 5. The van der Waals surface area contributed by atoms with Gasteiger partial charge in [-0.15, -0.1) is 0 Å². The summed E-state index contributed by atoms with van der Waals surface area (Å²) in [4.78, 5) is 16.5. The van der Waals surface area contributed by atoms with Crippen LogP contribution in [0.4, 0.5) is 24.9 Å². The lowest BCUT2D eigenvalue weighted by atomic mass is 10.0. The number of oxazole rings is 1. The lowest BCUT2D eigenvalue weighted by Gasteiger charge is -2.30. The zero-order chi connectivity index (χ0) is 23.1. The SMILES string of the molecule is Cc1nc(NCC(F)(F)F)nc(N[C@]2(O)CC[C@H](CO)[C@H]2O)c1-c1nc2ncccc2o1. The van der Waals surface area contributed by atoms with Crippen LogP contribution in [0.2, 0.25) is 0 Å². The van der Waals surface area contributed by atoms with Crippen LogP contribution in [-0.2, 0) is 0 Å². The molecule has 4 rings (SSSR count). The van der Waals surface area contributed by atoms with Gasteiger partial charge in [0.2, 0.25) is 11.8 Å². The molecule has 0 aliphatic heterocycles. The first-order chi connectivity index (χ1) is 15.1. The highest BCUT2D eigenvalue weighted by molar-refractivity contribution is 5.78. The molecule has 13 heteroatoms. The van der Waals surface area contributed by atoms with Gasteiger partial charge in [0.15, 0.2) is 17.0 Å². The highest BCUT2D eigenvalue weighted by Crippen LogP contribution is 2.39. The van der Waals surface area contributed by atoms with Gasteiger partial charge < -0.3 is 30.4 Å². The van der Waals surface area contributed by atoms with Crippen molar-refractivity contribution in [3.8, 4) is 11.5 Å². The first-order valence-electron chi connectivity index (χ1n) is 9.80. The van der Waals surface area contributed by atoms with Gasteiger partial charge >= 0.3 is 6.18 Å². The van der Waals surface area contributed by atoms with Crippen molar-refractivity contribution in [1.82, 2.24) is 19.9 Å². The van der Waals surface area contributed by atoms with Gasteiger partial charge in [-0.25, -0.2) is 9.97 Å². The van der Waals surface area contributed by atoms with E-state index >= 15 is 0 Å². The zero-order valence-electron chi connectivity index (χ0n) is 16.9. The number of hydrogen-bond acceptors (Lipinski definition) is 10. The summed E-state index contributed by atoms with van der Waals surface area (Å²) < 4.78 is 43.7. The van der Waals surface area contributed by atoms with Crippen LogP contribution in [0.5, 0.6) is 0 Å². The summed E-state index contributed by atoms with van der Waals surface area (Å²) >= 11 is 0. The molecule has 3 heterocycles. The van der Waals surface area contributed by atoms with Gasteiger partial charge in [0.25, 0.3) is 0 Å². The number of aromatic nitrogens is 4. The summed E-state index contributed by atoms with van der Waals surface area (Å²) in [5.41, 5.74) is -0.810. The first kappa shape index (κ1) is 22.2. The monoisotopic (exact) mass is 454 g/mol. The molecule has 3 aromatic heterocycles. The average Bonchev–Trinajstić information content (AvgIpc) is 3.26. The number of nitrogens with zero attached hydrogens (tertiary/aromatic N) is 4. The lowest BCUT2D eigenvalue weighted by Crippen LogP contribution is -2.48. The standard InChI is InChI=1S/C19H21F3N6O4/c1-9-12(16-26-14-11(32-16)3-2-6-23-14)15(27-17(25-9)24-8-19(20,21)22)28-18(31)5-4-10(7-29)13(18)30/h2-3,6,10,13,29-31H,4-5,7-8H2,1H3,(H2,24,25,27,28)/t10-,13-,18+/m1/s1. The Kier molecular flexibility index (Phi) is 5.65. The second-order valence-electron chi connectivity index (χ2n) is 7.64. The Morgan fingerprint density at radius 2 is 2.06 bits per heavy atom. The van der Waals surface area contributed by atoms with E-state index in [2.05, 4.69) is 30.6 Å². The van der Waals surface area contributed by atoms with E-state index < -0.39 is 30.5 Å². The molecule has 1 aliphatic carbocycles. The van der Waals surface area contributed by atoms with E-state index in [1.807, 2.05) is 0 Å². The van der Waals surface area contributed by atoms with Crippen molar-refractivity contribution in [1.29, 1.82) is 0 Å². The molecule has 172 valence electrons. The zero-order valence-corrected chi connectivity index (χ0v) is 16.9. The maximum absolute atomic E-state index is 12.7. The molecule has 1 saturated carbocycles. The maximum atomic E-state index is 12.7. The van der Waals surface area contributed by atoms with E-state index in [0.717, 1.165) is 0 Å². The molecule has 0 aromatic carbocycles. The number of fused-ring (bicyclic) bond motifs is 1. The van der Waals surface area contributed by atoms with Gasteiger partial charge in [-0.05, 0) is 31.9 Å². The quantitative estimate of drug-likeness (QED) is 0.349. The summed E-state index contributed by atoms with van der Waals surface area (Å²) in [6.45, 7) is -0.178. The smallest absolute Gasteiger partial charge is 0.405 e. The van der Waals surface area contributed by atoms with Gasteiger partial charge in [0.1, 0.15) is 24.0 Å². The Morgan fingerprint density at radius 3 is 2.72 bits per heavy atom. The number of halogens is 3. The summed E-state index contributed by atoms with van der Waals surface area (Å²) in [6.07, 6.45) is -3.92.